The minimum atomic E-state index is -1.000. The molecule has 17 heavy (non-hydrogen) atoms. The highest BCUT2D eigenvalue weighted by Gasteiger charge is 2.21. The second-order valence-corrected chi connectivity index (χ2v) is 4.47. The lowest BCUT2D eigenvalue weighted by Gasteiger charge is -2.29. The van der Waals surface area contributed by atoms with Crippen LogP contribution in [0.15, 0.2) is 0 Å². The van der Waals surface area contributed by atoms with Gasteiger partial charge in [-0.1, -0.05) is 0 Å². The number of aliphatic carboxylic acids is 1. The maximum Gasteiger partial charge on any atom is 0.323 e. The predicted molar refractivity (Wildman–Crippen MR) is 61.8 cm³/mol. The van der Waals surface area contributed by atoms with Gasteiger partial charge in [-0.25, -0.2) is 4.79 Å². The monoisotopic (exact) mass is 244 g/mol. The van der Waals surface area contributed by atoms with Crippen molar-refractivity contribution in [3.05, 3.63) is 0 Å². The Morgan fingerprint density at radius 1 is 1.24 bits per heavy atom. The minimum Gasteiger partial charge on any atom is -0.480 e. The quantitative estimate of drug-likeness (QED) is 0.781. The molecule has 0 spiro atoms. The SMILES string of the molecule is CN(CC(=O)O)C(=O)N(C)CC1CCOCC1. The van der Waals surface area contributed by atoms with Gasteiger partial charge in [0.25, 0.3) is 0 Å². The van der Waals surface area contributed by atoms with Gasteiger partial charge in [0, 0.05) is 33.9 Å². The van der Waals surface area contributed by atoms with Crippen LogP contribution in [0.4, 0.5) is 4.79 Å². The highest BCUT2D eigenvalue weighted by atomic mass is 16.5. The van der Waals surface area contributed by atoms with Crippen LogP contribution >= 0.6 is 0 Å². The van der Waals surface area contributed by atoms with Crippen LogP contribution < -0.4 is 0 Å². The fraction of sp³-hybridized carbons (Fsp3) is 0.818. The number of carbonyl (C=O) groups is 2. The van der Waals surface area contributed by atoms with E-state index in [1.165, 1.54) is 11.9 Å². The van der Waals surface area contributed by atoms with E-state index in [1.807, 2.05) is 0 Å². The molecule has 0 aromatic rings. The average molecular weight is 244 g/mol. The van der Waals surface area contributed by atoms with Crippen LogP contribution in [0.1, 0.15) is 12.8 Å². The molecule has 2 amide bonds. The van der Waals surface area contributed by atoms with Gasteiger partial charge < -0.3 is 19.6 Å². The van der Waals surface area contributed by atoms with Gasteiger partial charge in [-0.15, -0.1) is 0 Å². The summed E-state index contributed by atoms with van der Waals surface area (Å²) >= 11 is 0. The average Bonchev–Trinajstić information content (AvgIpc) is 2.28. The number of urea groups is 1. The fourth-order valence-corrected chi connectivity index (χ4v) is 1.96. The van der Waals surface area contributed by atoms with E-state index in [4.69, 9.17) is 9.84 Å². The molecule has 1 fully saturated rings. The number of amides is 2. The third-order valence-electron chi connectivity index (χ3n) is 2.90. The van der Waals surface area contributed by atoms with Crippen LogP contribution in [0.3, 0.4) is 0 Å². The lowest BCUT2D eigenvalue weighted by atomic mass is 10.00. The van der Waals surface area contributed by atoms with Crippen molar-refractivity contribution in [1.82, 2.24) is 9.80 Å². The van der Waals surface area contributed by atoms with E-state index < -0.39 is 5.97 Å². The first-order valence-electron chi connectivity index (χ1n) is 5.76. The third kappa shape index (κ3) is 4.60. The summed E-state index contributed by atoms with van der Waals surface area (Å²) in [5.41, 5.74) is 0. The van der Waals surface area contributed by atoms with Gasteiger partial charge in [-0.2, -0.15) is 0 Å². The minimum absolute atomic E-state index is 0.251. The Labute approximate surface area is 101 Å². The van der Waals surface area contributed by atoms with Crippen LogP contribution in [0, 0.1) is 5.92 Å². The standard InChI is InChI=1S/C11H20N2O4/c1-12(7-9-3-5-17-6-4-9)11(16)13(2)8-10(14)15/h9H,3-8H2,1-2H3,(H,14,15). The summed E-state index contributed by atoms with van der Waals surface area (Å²) in [5, 5.41) is 8.61. The first kappa shape index (κ1) is 13.8. The van der Waals surface area contributed by atoms with Crippen LogP contribution in [0.2, 0.25) is 0 Å². The highest BCUT2D eigenvalue weighted by Crippen LogP contribution is 2.15. The summed E-state index contributed by atoms with van der Waals surface area (Å²) in [6, 6.07) is -0.251. The summed E-state index contributed by atoms with van der Waals surface area (Å²) in [4.78, 5) is 25.1. The number of carboxylic acid groups (broad SMARTS) is 1. The lowest BCUT2D eigenvalue weighted by Crippen LogP contribution is -2.43. The van der Waals surface area contributed by atoms with Crippen LogP contribution in [0.25, 0.3) is 0 Å². The number of carbonyl (C=O) groups excluding carboxylic acids is 1. The second-order valence-electron chi connectivity index (χ2n) is 4.47. The molecule has 98 valence electrons. The molecule has 0 aliphatic carbocycles. The molecule has 1 saturated heterocycles. The molecular formula is C11H20N2O4. The van der Waals surface area contributed by atoms with Crippen LogP contribution in [0.5, 0.6) is 0 Å². The van der Waals surface area contributed by atoms with Gasteiger partial charge in [0.05, 0.1) is 0 Å². The van der Waals surface area contributed by atoms with Gasteiger partial charge in [0.2, 0.25) is 0 Å². The molecule has 6 heteroatoms. The van der Waals surface area contributed by atoms with E-state index in [2.05, 4.69) is 0 Å². The number of likely N-dealkylation sites (N-methyl/N-ethyl adjacent to an activating group) is 1. The van der Waals surface area contributed by atoms with Gasteiger partial charge in [-0.3, -0.25) is 4.79 Å². The zero-order chi connectivity index (χ0) is 12.8. The molecular weight excluding hydrogens is 224 g/mol. The van der Waals surface area contributed by atoms with Crippen molar-refractivity contribution in [3.63, 3.8) is 0 Å². The topological polar surface area (TPSA) is 70.1 Å². The number of nitrogens with zero attached hydrogens (tertiary/aromatic N) is 2. The Balaban J connectivity index is 2.37. The number of hydrogen-bond acceptors (Lipinski definition) is 3. The van der Waals surface area contributed by atoms with Crippen molar-refractivity contribution in [2.24, 2.45) is 5.92 Å². The molecule has 0 radical (unpaired) electrons. The molecule has 0 aromatic heterocycles. The maximum absolute atomic E-state index is 11.8. The van der Waals surface area contributed by atoms with Crippen LogP contribution in [-0.2, 0) is 9.53 Å². The normalized spacial score (nSPS) is 16.6. The molecule has 6 nitrogen and oxygen atoms in total. The van der Waals surface area contributed by atoms with Crippen molar-refractivity contribution in [3.8, 4) is 0 Å². The number of hydrogen-bond donors (Lipinski definition) is 1. The Morgan fingerprint density at radius 2 is 1.82 bits per heavy atom. The number of carboxylic acids is 1. The molecule has 0 bridgehead atoms. The number of ether oxygens (including phenoxy) is 1. The maximum atomic E-state index is 11.8. The Kier molecular flexibility index (Phi) is 5.21. The molecule has 1 aliphatic rings. The lowest BCUT2D eigenvalue weighted by molar-refractivity contribution is -0.137. The Bertz CT molecular complexity index is 277. The largest absolute Gasteiger partial charge is 0.480 e. The number of rotatable bonds is 4. The van der Waals surface area contributed by atoms with Gasteiger partial charge in [0.1, 0.15) is 6.54 Å². The molecule has 1 N–H and O–H groups in total. The molecule has 0 unspecified atom stereocenters. The van der Waals surface area contributed by atoms with Gasteiger partial charge >= 0.3 is 12.0 Å². The third-order valence-corrected chi connectivity index (χ3v) is 2.90. The zero-order valence-corrected chi connectivity index (χ0v) is 10.4. The van der Waals surface area contributed by atoms with E-state index in [0.717, 1.165) is 26.1 Å². The summed E-state index contributed by atoms with van der Waals surface area (Å²) in [7, 11) is 3.20. The van der Waals surface area contributed by atoms with E-state index in [9.17, 15) is 9.59 Å². The molecule has 1 aliphatic heterocycles. The van der Waals surface area contributed by atoms with Crippen molar-refractivity contribution in [1.29, 1.82) is 0 Å². The fourth-order valence-electron chi connectivity index (χ4n) is 1.96. The Morgan fingerprint density at radius 3 is 2.35 bits per heavy atom. The van der Waals surface area contributed by atoms with E-state index in [1.54, 1.807) is 11.9 Å². The Hall–Kier alpha value is -1.30. The highest BCUT2D eigenvalue weighted by molar-refractivity contribution is 5.79. The van der Waals surface area contributed by atoms with Crippen molar-refractivity contribution < 1.29 is 19.4 Å². The first-order chi connectivity index (χ1) is 8.00. The smallest absolute Gasteiger partial charge is 0.323 e. The van der Waals surface area contributed by atoms with Crippen LogP contribution in [-0.4, -0.2) is 67.3 Å². The summed E-state index contributed by atoms with van der Waals surface area (Å²) in [6.45, 7) is 1.89. The predicted octanol–water partition coefficient (Wildman–Crippen LogP) is 0.481. The summed E-state index contributed by atoms with van der Waals surface area (Å²) in [6.07, 6.45) is 1.92. The van der Waals surface area contributed by atoms with E-state index >= 15 is 0 Å². The van der Waals surface area contributed by atoms with Crippen molar-refractivity contribution in [2.75, 3.05) is 40.4 Å². The molecule has 0 aromatic carbocycles. The summed E-state index contributed by atoms with van der Waals surface area (Å²) in [5.74, 6) is -0.545. The van der Waals surface area contributed by atoms with Gasteiger partial charge in [0.15, 0.2) is 0 Å². The molecule has 0 atom stereocenters. The van der Waals surface area contributed by atoms with Gasteiger partial charge in [-0.05, 0) is 18.8 Å². The zero-order valence-electron chi connectivity index (χ0n) is 10.4. The van der Waals surface area contributed by atoms with E-state index in [-0.39, 0.29) is 12.6 Å². The molecule has 1 rings (SSSR count). The molecule has 0 saturated carbocycles. The van der Waals surface area contributed by atoms with Crippen molar-refractivity contribution in [2.45, 2.75) is 12.8 Å². The van der Waals surface area contributed by atoms with Crippen molar-refractivity contribution >= 4 is 12.0 Å². The second kappa shape index (κ2) is 6.44. The summed E-state index contributed by atoms with van der Waals surface area (Å²) < 4.78 is 5.25. The molecule has 1 heterocycles. The first-order valence-corrected chi connectivity index (χ1v) is 5.76. The van der Waals surface area contributed by atoms with E-state index in [0.29, 0.717) is 12.5 Å².